The molecule has 0 amide bonds. The average Bonchev–Trinajstić information content (AvgIpc) is 2.68. The summed E-state index contributed by atoms with van der Waals surface area (Å²) in [5, 5.41) is 6.61. The van der Waals surface area contributed by atoms with E-state index in [4.69, 9.17) is 14.2 Å². The average molecular weight is 564 g/mol. The van der Waals surface area contributed by atoms with Crippen molar-refractivity contribution in [2.45, 2.75) is 20.0 Å². The van der Waals surface area contributed by atoms with Gasteiger partial charge in [0, 0.05) is 25.7 Å². The normalized spacial score (nSPS) is 10.7. The number of guanidine groups is 1. The first-order valence-electron chi connectivity index (χ1n) is 8.50. The fourth-order valence-corrected chi connectivity index (χ4v) is 3.31. The second-order valence-corrected chi connectivity index (χ2v) is 6.76. The number of halogens is 2. The zero-order valence-corrected chi connectivity index (χ0v) is 20.7. The fraction of sp³-hybridized carbons (Fsp3) is 0.350. The van der Waals surface area contributed by atoms with Crippen molar-refractivity contribution in [1.29, 1.82) is 0 Å². The summed E-state index contributed by atoms with van der Waals surface area (Å²) in [5.74, 6) is 2.91. The van der Waals surface area contributed by atoms with Gasteiger partial charge in [0.2, 0.25) is 0 Å². The largest absolute Gasteiger partial charge is 0.496 e. The molecular formula is C20H27BrIN3O3. The Morgan fingerprint density at radius 1 is 0.964 bits per heavy atom. The first-order valence-corrected chi connectivity index (χ1v) is 9.30. The van der Waals surface area contributed by atoms with E-state index in [9.17, 15) is 0 Å². The van der Waals surface area contributed by atoms with Gasteiger partial charge in [-0.2, -0.15) is 0 Å². The number of ether oxygens (including phenoxy) is 3. The van der Waals surface area contributed by atoms with Gasteiger partial charge in [0.05, 0.1) is 25.8 Å². The molecule has 0 aliphatic heterocycles. The molecule has 0 radical (unpaired) electrons. The van der Waals surface area contributed by atoms with E-state index in [0.717, 1.165) is 26.9 Å². The van der Waals surface area contributed by atoms with Gasteiger partial charge in [-0.3, -0.25) is 4.99 Å². The highest BCUT2D eigenvalue weighted by Gasteiger charge is 2.11. The van der Waals surface area contributed by atoms with Crippen LogP contribution in [0.15, 0.2) is 39.8 Å². The summed E-state index contributed by atoms with van der Waals surface area (Å²) in [7, 11) is 6.66. The molecule has 154 valence electrons. The van der Waals surface area contributed by atoms with Gasteiger partial charge in [0.25, 0.3) is 0 Å². The highest BCUT2D eigenvalue weighted by molar-refractivity contribution is 14.0. The van der Waals surface area contributed by atoms with Gasteiger partial charge in [0.1, 0.15) is 5.75 Å². The van der Waals surface area contributed by atoms with E-state index in [1.807, 2.05) is 25.1 Å². The molecule has 6 nitrogen and oxygen atoms in total. The molecule has 8 heteroatoms. The molecule has 2 aromatic rings. The maximum absolute atomic E-state index is 5.45. The Morgan fingerprint density at radius 3 is 2.25 bits per heavy atom. The zero-order valence-electron chi connectivity index (χ0n) is 16.8. The third-order valence-corrected chi connectivity index (χ3v) is 4.65. The molecule has 0 bridgehead atoms. The molecule has 2 N–H and O–H groups in total. The van der Waals surface area contributed by atoms with Crippen molar-refractivity contribution in [3.05, 3.63) is 51.5 Å². The SMILES string of the molecule is CN=C(NCc1cc(Br)c(OC)c(OC)c1)NCc1ccc(C)cc1OC.I. The van der Waals surface area contributed by atoms with Crippen LogP contribution in [0.5, 0.6) is 17.2 Å². The maximum atomic E-state index is 5.45. The first kappa shape index (κ1) is 24.4. The summed E-state index contributed by atoms with van der Waals surface area (Å²) in [6.07, 6.45) is 0. The summed E-state index contributed by atoms with van der Waals surface area (Å²) in [5.41, 5.74) is 3.27. The summed E-state index contributed by atoms with van der Waals surface area (Å²) in [6.45, 7) is 3.24. The van der Waals surface area contributed by atoms with Crippen LogP contribution in [0.1, 0.15) is 16.7 Å². The first-order chi connectivity index (χ1) is 13.0. The maximum Gasteiger partial charge on any atom is 0.191 e. The number of rotatable bonds is 7. The fourth-order valence-electron chi connectivity index (χ4n) is 2.66. The molecule has 0 saturated heterocycles. The minimum Gasteiger partial charge on any atom is -0.496 e. The minimum absolute atomic E-state index is 0. The van der Waals surface area contributed by atoms with E-state index in [0.29, 0.717) is 30.5 Å². The van der Waals surface area contributed by atoms with E-state index >= 15 is 0 Å². The van der Waals surface area contributed by atoms with Crippen LogP contribution in [-0.4, -0.2) is 34.3 Å². The summed E-state index contributed by atoms with van der Waals surface area (Å²) in [4.78, 5) is 4.28. The molecule has 2 rings (SSSR count). The minimum atomic E-state index is 0. The number of hydrogen-bond acceptors (Lipinski definition) is 4. The lowest BCUT2D eigenvalue weighted by molar-refractivity contribution is 0.352. The molecule has 0 unspecified atom stereocenters. The van der Waals surface area contributed by atoms with Crippen molar-refractivity contribution in [1.82, 2.24) is 10.6 Å². The molecule has 0 fully saturated rings. The van der Waals surface area contributed by atoms with E-state index in [1.165, 1.54) is 0 Å². The van der Waals surface area contributed by atoms with Crippen LogP contribution < -0.4 is 24.8 Å². The predicted octanol–water partition coefficient (Wildman–Crippen LogP) is 4.27. The molecule has 0 atom stereocenters. The van der Waals surface area contributed by atoms with E-state index in [2.05, 4.69) is 43.7 Å². The van der Waals surface area contributed by atoms with Gasteiger partial charge in [0.15, 0.2) is 17.5 Å². The number of hydrogen-bond donors (Lipinski definition) is 2. The van der Waals surface area contributed by atoms with Crippen molar-refractivity contribution in [2.75, 3.05) is 28.4 Å². The van der Waals surface area contributed by atoms with Crippen LogP contribution in [0.4, 0.5) is 0 Å². The third kappa shape index (κ3) is 6.44. The Kier molecular flexibility index (Phi) is 10.4. The topological polar surface area (TPSA) is 64.1 Å². The zero-order chi connectivity index (χ0) is 19.8. The van der Waals surface area contributed by atoms with Crippen LogP contribution in [0.2, 0.25) is 0 Å². The van der Waals surface area contributed by atoms with Crippen molar-refractivity contribution >= 4 is 45.9 Å². The monoisotopic (exact) mass is 563 g/mol. The van der Waals surface area contributed by atoms with Gasteiger partial charge in [-0.15, -0.1) is 24.0 Å². The van der Waals surface area contributed by atoms with Gasteiger partial charge < -0.3 is 24.8 Å². The van der Waals surface area contributed by atoms with Crippen molar-refractivity contribution in [3.63, 3.8) is 0 Å². The number of benzene rings is 2. The van der Waals surface area contributed by atoms with E-state index < -0.39 is 0 Å². The molecule has 28 heavy (non-hydrogen) atoms. The number of nitrogens with one attached hydrogen (secondary N) is 2. The van der Waals surface area contributed by atoms with Crippen LogP contribution in [0.25, 0.3) is 0 Å². The summed E-state index contributed by atoms with van der Waals surface area (Å²) < 4.78 is 17.0. The Labute approximate surface area is 192 Å². The lowest BCUT2D eigenvalue weighted by Crippen LogP contribution is -2.36. The molecule has 2 aromatic carbocycles. The van der Waals surface area contributed by atoms with E-state index in [-0.39, 0.29) is 24.0 Å². The standard InChI is InChI=1S/C20H26BrN3O3.HI/c1-13-6-7-15(17(8-13)25-3)12-24-20(22-2)23-11-14-9-16(21)19(27-5)18(10-14)26-4;/h6-10H,11-12H2,1-5H3,(H2,22,23,24);1H. The Bertz CT molecular complexity index is 816. The van der Waals surface area contributed by atoms with Crippen LogP contribution in [-0.2, 0) is 13.1 Å². The highest BCUT2D eigenvalue weighted by Crippen LogP contribution is 2.36. The predicted molar refractivity (Wildman–Crippen MR) is 127 cm³/mol. The summed E-state index contributed by atoms with van der Waals surface area (Å²) in [6, 6.07) is 10.1. The Morgan fingerprint density at radius 2 is 1.64 bits per heavy atom. The smallest absolute Gasteiger partial charge is 0.191 e. The van der Waals surface area contributed by atoms with Crippen LogP contribution in [0, 0.1) is 6.92 Å². The van der Waals surface area contributed by atoms with Crippen LogP contribution >= 0.6 is 39.9 Å². The molecule has 0 heterocycles. The second kappa shape index (κ2) is 12.0. The molecular weight excluding hydrogens is 537 g/mol. The van der Waals surface area contributed by atoms with Crippen molar-refractivity contribution in [2.24, 2.45) is 4.99 Å². The Balaban J connectivity index is 0.00000392. The van der Waals surface area contributed by atoms with Gasteiger partial charge in [-0.25, -0.2) is 0 Å². The number of methoxy groups -OCH3 is 3. The molecule has 0 aliphatic carbocycles. The molecule has 0 saturated carbocycles. The van der Waals surface area contributed by atoms with Gasteiger partial charge in [-0.1, -0.05) is 12.1 Å². The van der Waals surface area contributed by atoms with Crippen molar-refractivity contribution in [3.8, 4) is 17.2 Å². The highest BCUT2D eigenvalue weighted by atomic mass is 127. The van der Waals surface area contributed by atoms with Gasteiger partial charge >= 0.3 is 0 Å². The third-order valence-electron chi connectivity index (χ3n) is 4.07. The summed E-state index contributed by atoms with van der Waals surface area (Å²) >= 11 is 3.51. The molecule has 0 aliphatic rings. The lowest BCUT2D eigenvalue weighted by Gasteiger charge is -2.15. The Hall–Kier alpha value is -1.68. The lowest BCUT2D eigenvalue weighted by atomic mass is 10.1. The van der Waals surface area contributed by atoms with Crippen LogP contribution in [0.3, 0.4) is 0 Å². The number of aliphatic imine (C=N–C) groups is 1. The van der Waals surface area contributed by atoms with Crippen molar-refractivity contribution < 1.29 is 14.2 Å². The second-order valence-electron chi connectivity index (χ2n) is 5.91. The molecule has 0 spiro atoms. The number of aryl methyl sites for hydroxylation is 1. The molecule has 0 aromatic heterocycles. The van der Waals surface area contributed by atoms with Gasteiger partial charge in [-0.05, 0) is 52.2 Å². The van der Waals surface area contributed by atoms with E-state index in [1.54, 1.807) is 28.4 Å². The number of nitrogens with zero attached hydrogens (tertiary/aromatic N) is 1. The quantitative estimate of drug-likeness (QED) is 0.299.